The molecule has 1 N–H and O–H groups in total. The lowest BCUT2D eigenvalue weighted by Gasteiger charge is -2.04. The van der Waals surface area contributed by atoms with Crippen molar-refractivity contribution >= 4 is 34.7 Å². The van der Waals surface area contributed by atoms with Crippen LogP contribution in [0.3, 0.4) is 0 Å². The Morgan fingerprint density at radius 1 is 1.50 bits per heavy atom. The standard InChI is InChI=1S/C9H8ClN3OS2/c1-5-3-15-9(13-5)16-8-6(2-14)7(10)11-4-12-8/h3-4,14H,2H2,1H3. The number of thiazole rings is 1. The fraction of sp³-hybridized carbons (Fsp3) is 0.222. The summed E-state index contributed by atoms with van der Waals surface area (Å²) in [4.78, 5) is 12.2. The molecule has 2 aromatic heterocycles. The highest BCUT2D eigenvalue weighted by Crippen LogP contribution is 2.32. The predicted octanol–water partition coefficient (Wildman–Crippen LogP) is 2.54. The molecule has 0 aliphatic carbocycles. The van der Waals surface area contributed by atoms with Crippen LogP contribution in [-0.2, 0) is 6.61 Å². The van der Waals surface area contributed by atoms with E-state index in [1.165, 1.54) is 29.4 Å². The number of aliphatic hydroxyl groups is 1. The number of aromatic nitrogens is 3. The van der Waals surface area contributed by atoms with Crippen molar-refractivity contribution in [1.82, 2.24) is 15.0 Å². The molecule has 16 heavy (non-hydrogen) atoms. The predicted molar refractivity (Wildman–Crippen MR) is 63.9 cm³/mol. The highest BCUT2D eigenvalue weighted by atomic mass is 35.5. The first-order valence-electron chi connectivity index (χ1n) is 4.41. The van der Waals surface area contributed by atoms with E-state index >= 15 is 0 Å². The number of halogens is 1. The molecule has 2 rings (SSSR count). The summed E-state index contributed by atoms with van der Waals surface area (Å²) in [5, 5.41) is 12.1. The van der Waals surface area contributed by atoms with Crippen LogP contribution < -0.4 is 0 Å². The number of rotatable bonds is 3. The zero-order valence-corrected chi connectivity index (χ0v) is 10.7. The molecule has 4 nitrogen and oxygen atoms in total. The largest absolute Gasteiger partial charge is 0.391 e. The van der Waals surface area contributed by atoms with E-state index in [0.29, 0.717) is 10.6 Å². The van der Waals surface area contributed by atoms with Crippen LogP contribution in [0.1, 0.15) is 11.3 Å². The molecule has 84 valence electrons. The van der Waals surface area contributed by atoms with E-state index in [2.05, 4.69) is 15.0 Å². The maximum atomic E-state index is 9.19. The molecule has 0 saturated carbocycles. The van der Waals surface area contributed by atoms with Gasteiger partial charge in [0.15, 0.2) is 4.34 Å². The molecule has 2 aromatic rings. The molecule has 0 amide bonds. The minimum atomic E-state index is -0.174. The molecule has 0 bridgehead atoms. The van der Waals surface area contributed by atoms with Crippen LogP contribution in [0.5, 0.6) is 0 Å². The zero-order valence-electron chi connectivity index (χ0n) is 8.35. The summed E-state index contributed by atoms with van der Waals surface area (Å²) in [6, 6.07) is 0. The van der Waals surface area contributed by atoms with Crippen molar-refractivity contribution in [1.29, 1.82) is 0 Å². The molecule has 0 aromatic carbocycles. The first kappa shape index (κ1) is 11.8. The molecular formula is C9H8ClN3OS2. The van der Waals surface area contributed by atoms with E-state index in [9.17, 15) is 5.11 Å². The van der Waals surface area contributed by atoms with Crippen LogP contribution >= 0.6 is 34.7 Å². The zero-order chi connectivity index (χ0) is 11.5. The Bertz CT molecular complexity index is 503. The SMILES string of the molecule is Cc1csc(Sc2ncnc(Cl)c2CO)n1. The highest BCUT2D eigenvalue weighted by Gasteiger charge is 2.11. The van der Waals surface area contributed by atoms with E-state index in [1.807, 2.05) is 12.3 Å². The van der Waals surface area contributed by atoms with Gasteiger partial charge in [0, 0.05) is 16.6 Å². The molecular weight excluding hydrogens is 266 g/mol. The summed E-state index contributed by atoms with van der Waals surface area (Å²) in [6.07, 6.45) is 1.38. The molecule has 0 aliphatic heterocycles. The highest BCUT2D eigenvalue weighted by molar-refractivity contribution is 8.01. The van der Waals surface area contributed by atoms with Gasteiger partial charge in [-0.25, -0.2) is 15.0 Å². The van der Waals surface area contributed by atoms with E-state index in [4.69, 9.17) is 11.6 Å². The Hall–Kier alpha value is -0.690. The molecule has 2 heterocycles. The number of hydrogen-bond donors (Lipinski definition) is 1. The van der Waals surface area contributed by atoms with Gasteiger partial charge in [0.2, 0.25) is 0 Å². The average molecular weight is 274 g/mol. The molecule has 0 spiro atoms. The maximum absolute atomic E-state index is 9.19. The molecule has 0 saturated heterocycles. The van der Waals surface area contributed by atoms with Crippen molar-refractivity contribution in [2.75, 3.05) is 0 Å². The third-order valence-electron chi connectivity index (χ3n) is 1.79. The third-order valence-corrected chi connectivity index (χ3v) is 4.22. The van der Waals surface area contributed by atoms with Crippen LogP contribution in [-0.4, -0.2) is 20.1 Å². The summed E-state index contributed by atoms with van der Waals surface area (Å²) >= 11 is 8.78. The second kappa shape index (κ2) is 5.09. The van der Waals surface area contributed by atoms with Crippen LogP contribution in [0.25, 0.3) is 0 Å². The monoisotopic (exact) mass is 273 g/mol. The second-order valence-corrected chi connectivity index (χ2v) is 5.42. The Morgan fingerprint density at radius 2 is 2.31 bits per heavy atom. The maximum Gasteiger partial charge on any atom is 0.156 e. The van der Waals surface area contributed by atoms with Gasteiger partial charge in [-0.15, -0.1) is 11.3 Å². The number of hydrogen-bond acceptors (Lipinski definition) is 6. The Labute approximate surface area is 106 Å². The lowest BCUT2D eigenvalue weighted by Crippen LogP contribution is -1.95. The smallest absolute Gasteiger partial charge is 0.156 e. The van der Waals surface area contributed by atoms with Crippen LogP contribution in [0, 0.1) is 6.92 Å². The van der Waals surface area contributed by atoms with Crippen molar-refractivity contribution in [2.45, 2.75) is 22.9 Å². The van der Waals surface area contributed by atoms with Gasteiger partial charge in [0.1, 0.15) is 16.5 Å². The molecule has 7 heteroatoms. The van der Waals surface area contributed by atoms with E-state index in [0.717, 1.165) is 10.0 Å². The first-order valence-corrected chi connectivity index (χ1v) is 6.48. The van der Waals surface area contributed by atoms with Crippen LogP contribution in [0.15, 0.2) is 21.1 Å². The molecule has 0 aliphatic rings. The van der Waals surface area contributed by atoms with Gasteiger partial charge < -0.3 is 5.11 Å². The summed E-state index contributed by atoms with van der Waals surface area (Å²) in [5.74, 6) is 0. The van der Waals surface area contributed by atoms with Crippen molar-refractivity contribution in [3.63, 3.8) is 0 Å². The van der Waals surface area contributed by atoms with E-state index in [-0.39, 0.29) is 11.8 Å². The molecule has 0 fully saturated rings. The van der Waals surface area contributed by atoms with Gasteiger partial charge >= 0.3 is 0 Å². The summed E-state index contributed by atoms with van der Waals surface area (Å²) in [5.41, 5.74) is 1.51. The summed E-state index contributed by atoms with van der Waals surface area (Å²) in [7, 11) is 0. The quantitative estimate of drug-likeness (QED) is 0.871. The van der Waals surface area contributed by atoms with Crippen molar-refractivity contribution < 1.29 is 5.11 Å². The lowest BCUT2D eigenvalue weighted by atomic mass is 10.4. The average Bonchev–Trinajstić information content (AvgIpc) is 2.64. The fourth-order valence-electron chi connectivity index (χ4n) is 1.06. The molecule has 0 unspecified atom stereocenters. The van der Waals surface area contributed by atoms with Crippen LogP contribution in [0.2, 0.25) is 5.15 Å². The molecule has 0 atom stereocenters. The minimum absolute atomic E-state index is 0.174. The van der Waals surface area contributed by atoms with Gasteiger partial charge in [-0.1, -0.05) is 11.6 Å². The topological polar surface area (TPSA) is 58.9 Å². The van der Waals surface area contributed by atoms with E-state index in [1.54, 1.807) is 0 Å². The fourth-order valence-corrected chi connectivity index (χ4v) is 3.14. The van der Waals surface area contributed by atoms with Crippen molar-refractivity contribution in [3.8, 4) is 0 Å². The van der Waals surface area contributed by atoms with Crippen molar-refractivity contribution in [3.05, 3.63) is 28.1 Å². The summed E-state index contributed by atoms with van der Waals surface area (Å²) < 4.78 is 0.877. The minimum Gasteiger partial charge on any atom is -0.391 e. The van der Waals surface area contributed by atoms with Gasteiger partial charge in [0.25, 0.3) is 0 Å². The Morgan fingerprint density at radius 3 is 2.94 bits per heavy atom. The Balaban J connectivity index is 2.30. The lowest BCUT2D eigenvalue weighted by molar-refractivity contribution is 0.277. The van der Waals surface area contributed by atoms with Crippen molar-refractivity contribution in [2.24, 2.45) is 0 Å². The molecule has 0 radical (unpaired) electrons. The first-order chi connectivity index (χ1) is 7.70. The van der Waals surface area contributed by atoms with Gasteiger partial charge in [-0.3, -0.25) is 0 Å². The second-order valence-electron chi connectivity index (χ2n) is 2.96. The van der Waals surface area contributed by atoms with Crippen LogP contribution in [0.4, 0.5) is 0 Å². The number of aryl methyl sites for hydroxylation is 1. The van der Waals surface area contributed by atoms with Gasteiger partial charge in [-0.2, -0.15) is 0 Å². The Kier molecular flexibility index (Phi) is 3.75. The van der Waals surface area contributed by atoms with Gasteiger partial charge in [0.05, 0.1) is 6.61 Å². The number of aliphatic hydroxyl groups excluding tert-OH is 1. The third kappa shape index (κ3) is 2.52. The summed E-state index contributed by atoms with van der Waals surface area (Å²) in [6.45, 7) is 1.76. The normalized spacial score (nSPS) is 10.7. The van der Waals surface area contributed by atoms with Gasteiger partial charge in [-0.05, 0) is 18.7 Å². The number of nitrogens with zero attached hydrogens (tertiary/aromatic N) is 3. The van der Waals surface area contributed by atoms with E-state index < -0.39 is 0 Å².